The second kappa shape index (κ2) is 9.33. The topological polar surface area (TPSA) is 149 Å². The van der Waals surface area contributed by atoms with Gasteiger partial charge in [0.05, 0.1) is 13.7 Å². The van der Waals surface area contributed by atoms with E-state index in [0.717, 1.165) is 0 Å². The van der Waals surface area contributed by atoms with Gasteiger partial charge in [0.2, 0.25) is 6.29 Å². The van der Waals surface area contributed by atoms with E-state index in [1.54, 1.807) is 30.4 Å². The van der Waals surface area contributed by atoms with Gasteiger partial charge in [-0.25, -0.2) is 0 Å². The molecule has 2 aromatic rings. The first-order chi connectivity index (χ1) is 14.3. The average Bonchev–Trinajstić information content (AvgIpc) is 2.72. The van der Waals surface area contributed by atoms with Gasteiger partial charge in [-0.3, -0.25) is 0 Å². The van der Waals surface area contributed by atoms with Crippen LogP contribution in [0, 0.1) is 0 Å². The van der Waals surface area contributed by atoms with Crippen LogP contribution in [0.25, 0.3) is 12.2 Å². The molecular weight excluding hydrogens is 396 g/mol. The minimum absolute atomic E-state index is 0.0119. The van der Waals surface area contributed by atoms with E-state index in [1.165, 1.54) is 25.3 Å². The first kappa shape index (κ1) is 21.9. The molecule has 2 unspecified atom stereocenters. The molecule has 0 bridgehead atoms. The molecule has 9 heteroatoms. The summed E-state index contributed by atoms with van der Waals surface area (Å²) in [6.07, 6.45) is -3.72. The minimum Gasteiger partial charge on any atom is -0.508 e. The van der Waals surface area contributed by atoms with Gasteiger partial charge in [-0.1, -0.05) is 18.2 Å². The third-order valence-electron chi connectivity index (χ3n) is 4.69. The lowest BCUT2D eigenvalue weighted by atomic mass is 9.99. The molecule has 1 heterocycles. The summed E-state index contributed by atoms with van der Waals surface area (Å²) in [7, 11) is 1.45. The molecule has 9 nitrogen and oxygen atoms in total. The zero-order valence-corrected chi connectivity index (χ0v) is 16.1. The maximum atomic E-state index is 10.1. The van der Waals surface area contributed by atoms with Gasteiger partial charge in [0.15, 0.2) is 11.5 Å². The van der Waals surface area contributed by atoms with Crippen LogP contribution in [-0.4, -0.2) is 75.1 Å². The average molecular weight is 420 g/mol. The first-order valence-corrected chi connectivity index (χ1v) is 9.18. The third kappa shape index (κ3) is 4.84. The number of phenolic OH excluding ortho intramolecular Hbond substituents is 2. The van der Waals surface area contributed by atoms with Crippen LogP contribution < -0.4 is 9.47 Å². The van der Waals surface area contributed by atoms with Crippen LogP contribution >= 0.6 is 0 Å². The summed E-state index contributed by atoms with van der Waals surface area (Å²) in [5.41, 5.74) is 1.23. The van der Waals surface area contributed by atoms with Gasteiger partial charge in [0, 0.05) is 6.07 Å². The SMILES string of the molecule is COc1ccc(/C=C/c2cc(O)cc(O[C@@H]3OC(CO)[C@@H](O)[C@H](O)C3O)c2)cc1O. The third-order valence-corrected chi connectivity index (χ3v) is 4.69. The molecule has 0 amide bonds. The Morgan fingerprint density at radius 3 is 2.33 bits per heavy atom. The highest BCUT2D eigenvalue weighted by Crippen LogP contribution is 2.30. The Balaban J connectivity index is 1.77. The van der Waals surface area contributed by atoms with Gasteiger partial charge in [0.1, 0.15) is 35.9 Å². The Morgan fingerprint density at radius 2 is 1.67 bits per heavy atom. The molecule has 2 aromatic carbocycles. The van der Waals surface area contributed by atoms with Crippen molar-refractivity contribution in [2.24, 2.45) is 0 Å². The minimum atomic E-state index is -1.57. The van der Waals surface area contributed by atoms with Crippen LogP contribution in [0.5, 0.6) is 23.0 Å². The molecule has 0 saturated carbocycles. The van der Waals surface area contributed by atoms with Crippen LogP contribution in [0.3, 0.4) is 0 Å². The van der Waals surface area contributed by atoms with Gasteiger partial charge < -0.3 is 44.8 Å². The highest BCUT2D eigenvalue weighted by atomic mass is 16.7. The maximum Gasteiger partial charge on any atom is 0.229 e. The zero-order chi connectivity index (χ0) is 21.8. The summed E-state index contributed by atoms with van der Waals surface area (Å²) in [4.78, 5) is 0. The van der Waals surface area contributed by atoms with Crippen molar-refractivity contribution >= 4 is 12.2 Å². The number of hydrogen-bond acceptors (Lipinski definition) is 9. The second-order valence-electron chi connectivity index (χ2n) is 6.84. The summed E-state index contributed by atoms with van der Waals surface area (Å²) in [6, 6.07) is 9.19. The van der Waals surface area contributed by atoms with Crippen molar-refractivity contribution in [2.75, 3.05) is 13.7 Å². The highest BCUT2D eigenvalue weighted by molar-refractivity contribution is 5.72. The fourth-order valence-corrected chi connectivity index (χ4v) is 3.07. The molecule has 1 aliphatic heterocycles. The van der Waals surface area contributed by atoms with Crippen molar-refractivity contribution in [1.29, 1.82) is 0 Å². The lowest BCUT2D eigenvalue weighted by Crippen LogP contribution is -2.60. The predicted octanol–water partition coefficient (Wildman–Crippen LogP) is 0.455. The van der Waals surface area contributed by atoms with Gasteiger partial charge in [0.25, 0.3) is 0 Å². The van der Waals surface area contributed by atoms with Gasteiger partial charge in [-0.15, -0.1) is 0 Å². The number of phenols is 2. The molecule has 0 aliphatic carbocycles. The molecule has 1 aliphatic rings. The van der Waals surface area contributed by atoms with Crippen molar-refractivity contribution in [3.05, 3.63) is 47.5 Å². The zero-order valence-electron chi connectivity index (χ0n) is 16.1. The maximum absolute atomic E-state index is 10.1. The molecule has 1 fully saturated rings. The molecule has 0 spiro atoms. The molecule has 5 atom stereocenters. The normalized spacial score (nSPS) is 26.6. The first-order valence-electron chi connectivity index (χ1n) is 9.18. The quantitative estimate of drug-likeness (QED) is 0.366. The molecule has 1 saturated heterocycles. The van der Waals surface area contributed by atoms with Crippen molar-refractivity contribution in [1.82, 2.24) is 0 Å². The van der Waals surface area contributed by atoms with Crippen LogP contribution in [0.1, 0.15) is 11.1 Å². The Hall–Kier alpha value is -2.82. The molecular formula is C21H24O9. The van der Waals surface area contributed by atoms with Crippen molar-refractivity contribution < 1.29 is 44.8 Å². The smallest absolute Gasteiger partial charge is 0.229 e. The Bertz CT molecular complexity index is 896. The summed E-state index contributed by atoms with van der Waals surface area (Å²) in [5, 5.41) is 58.9. The second-order valence-corrected chi connectivity index (χ2v) is 6.84. The van der Waals surface area contributed by atoms with Crippen LogP contribution in [0.15, 0.2) is 36.4 Å². The predicted molar refractivity (Wildman–Crippen MR) is 106 cm³/mol. The molecule has 0 radical (unpaired) electrons. The number of aliphatic hydroxyl groups excluding tert-OH is 4. The number of aliphatic hydroxyl groups is 4. The van der Waals surface area contributed by atoms with Gasteiger partial charge in [-0.05, 0) is 35.4 Å². The number of ether oxygens (including phenoxy) is 3. The standard InChI is InChI=1S/C21H24O9/c1-28-16-5-4-11(8-15(16)24)2-3-12-6-13(23)9-14(7-12)29-21-20(27)19(26)18(25)17(10-22)30-21/h2-9,17-27H,10H2,1H3/b3-2+/t17?,18-,19+,20?,21-/m1/s1. The number of benzene rings is 2. The lowest BCUT2D eigenvalue weighted by molar-refractivity contribution is -0.277. The summed E-state index contributed by atoms with van der Waals surface area (Å²) in [5.74, 6) is 0.354. The molecule has 3 rings (SSSR count). The van der Waals surface area contributed by atoms with E-state index in [4.69, 9.17) is 14.2 Å². The summed E-state index contributed by atoms with van der Waals surface area (Å²) >= 11 is 0. The number of rotatable bonds is 6. The van der Waals surface area contributed by atoms with E-state index in [9.17, 15) is 30.6 Å². The lowest BCUT2D eigenvalue weighted by Gasteiger charge is -2.39. The number of hydrogen-bond donors (Lipinski definition) is 6. The summed E-state index contributed by atoms with van der Waals surface area (Å²) in [6.45, 7) is -0.576. The number of methoxy groups -OCH3 is 1. The van der Waals surface area contributed by atoms with E-state index < -0.39 is 37.3 Å². The number of aromatic hydroxyl groups is 2. The van der Waals surface area contributed by atoms with Crippen LogP contribution in [0.2, 0.25) is 0 Å². The van der Waals surface area contributed by atoms with E-state index >= 15 is 0 Å². The Morgan fingerprint density at radius 1 is 0.933 bits per heavy atom. The summed E-state index contributed by atoms with van der Waals surface area (Å²) < 4.78 is 15.8. The van der Waals surface area contributed by atoms with Crippen molar-refractivity contribution in [3.8, 4) is 23.0 Å². The van der Waals surface area contributed by atoms with Crippen LogP contribution in [-0.2, 0) is 4.74 Å². The van der Waals surface area contributed by atoms with E-state index in [2.05, 4.69) is 0 Å². The van der Waals surface area contributed by atoms with E-state index in [0.29, 0.717) is 16.9 Å². The fourth-order valence-electron chi connectivity index (χ4n) is 3.07. The Labute approximate surface area is 172 Å². The monoisotopic (exact) mass is 420 g/mol. The molecule has 6 N–H and O–H groups in total. The Kier molecular flexibility index (Phi) is 6.80. The largest absolute Gasteiger partial charge is 0.508 e. The highest BCUT2D eigenvalue weighted by Gasteiger charge is 2.44. The van der Waals surface area contributed by atoms with E-state index in [-0.39, 0.29) is 17.2 Å². The van der Waals surface area contributed by atoms with Crippen molar-refractivity contribution in [3.63, 3.8) is 0 Å². The molecule has 162 valence electrons. The van der Waals surface area contributed by atoms with Crippen LogP contribution in [0.4, 0.5) is 0 Å². The van der Waals surface area contributed by atoms with Gasteiger partial charge >= 0.3 is 0 Å². The molecule has 30 heavy (non-hydrogen) atoms. The van der Waals surface area contributed by atoms with Gasteiger partial charge in [-0.2, -0.15) is 0 Å². The van der Waals surface area contributed by atoms with E-state index in [1.807, 2.05) is 0 Å². The molecule has 0 aromatic heterocycles. The fraction of sp³-hybridized carbons (Fsp3) is 0.333. The van der Waals surface area contributed by atoms with Crippen molar-refractivity contribution in [2.45, 2.75) is 30.7 Å².